The minimum absolute atomic E-state index is 0.0125. The molecular formula is C28H37FN6O2. The van der Waals surface area contributed by atoms with E-state index in [-0.39, 0.29) is 23.1 Å². The number of imidazole rings is 1. The lowest BCUT2D eigenvalue weighted by Gasteiger charge is -2.27. The Hall–Kier alpha value is -3.10. The molecule has 0 saturated heterocycles. The van der Waals surface area contributed by atoms with Gasteiger partial charge in [-0.1, -0.05) is 52.9 Å². The molecule has 198 valence electrons. The highest BCUT2D eigenvalue weighted by atomic mass is 19.1. The van der Waals surface area contributed by atoms with Crippen LogP contribution in [-0.2, 0) is 6.54 Å². The van der Waals surface area contributed by atoms with Crippen molar-refractivity contribution in [2.75, 3.05) is 11.9 Å². The smallest absolute Gasteiger partial charge is 0.374 e. The van der Waals surface area contributed by atoms with Crippen LogP contribution in [0.5, 0.6) is 0 Å². The van der Waals surface area contributed by atoms with Gasteiger partial charge in [0.25, 0.3) is 0 Å². The molecule has 2 saturated carbocycles. The van der Waals surface area contributed by atoms with Crippen molar-refractivity contribution in [2.45, 2.75) is 84.6 Å². The van der Waals surface area contributed by atoms with E-state index in [1.54, 1.807) is 12.3 Å². The molecule has 8 nitrogen and oxygen atoms in total. The Morgan fingerprint density at radius 3 is 2.54 bits per heavy atom. The number of hydrogen-bond donors (Lipinski definition) is 2. The molecule has 0 radical (unpaired) electrons. The Labute approximate surface area is 217 Å². The summed E-state index contributed by atoms with van der Waals surface area (Å²) in [6.45, 7) is 7.51. The molecule has 2 aliphatic rings. The Balaban J connectivity index is 1.63. The van der Waals surface area contributed by atoms with Crippen LogP contribution in [0.1, 0.15) is 94.2 Å². The Morgan fingerprint density at radius 1 is 1.14 bits per heavy atom. The van der Waals surface area contributed by atoms with E-state index in [1.165, 1.54) is 19.3 Å². The number of nitrogens with zero attached hydrogens (tertiary/aromatic N) is 5. The van der Waals surface area contributed by atoms with Gasteiger partial charge in [-0.2, -0.15) is 0 Å². The number of hydrogen-bond acceptors (Lipinski definition) is 6. The quantitative estimate of drug-likeness (QED) is 0.350. The maximum Gasteiger partial charge on any atom is 0.374 e. The van der Waals surface area contributed by atoms with E-state index in [0.29, 0.717) is 53.6 Å². The lowest BCUT2D eigenvalue weighted by molar-refractivity contribution is 0.0684. The van der Waals surface area contributed by atoms with Gasteiger partial charge in [0.1, 0.15) is 11.2 Å². The second kappa shape index (κ2) is 10.7. The molecular weight excluding hydrogens is 471 g/mol. The summed E-state index contributed by atoms with van der Waals surface area (Å²) in [7, 11) is 0. The second-order valence-electron chi connectivity index (χ2n) is 11.3. The highest BCUT2D eigenvalue weighted by Crippen LogP contribution is 2.36. The number of carboxylic acids is 1. The molecule has 2 fully saturated rings. The van der Waals surface area contributed by atoms with E-state index in [1.807, 2.05) is 18.4 Å². The van der Waals surface area contributed by atoms with Gasteiger partial charge in [-0.3, -0.25) is 0 Å². The molecule has 3 aromatic heterocycles. The van der Waals surface area contributed by atoms with Crippen LogP contribution in [-0.4, -0.2) is 42.1 Å². The standard InChI is InChI=1S/C28H37FN6O2/c1-16(2)20-12-14-30-22(21(20)29)27-34-25-23(35(27)15-19-9-7-17(3)8-10-19)24(32-26(33-25)28(36)37)31-13-11-18-5-4-6-18/h12,14,16-19H,4-11,13,15H2,1-3H3,(H,36,37)(H,31,32,33). The van der Waals surface area contributed by atoms with Crippen LogP contribution in [0, 0.1) is 23.6 Å². The van der Waals surface area contributed by atoms with Gasteiger partial charge in [0.05, 0.1) is 0 Å². The molecule has 3 aromatic rings. The van der Waals surface area contributed by atoms with Crippen LogP contribution in [0.25, 0.3) is 22.7 Å². The molecule has 0 aromatic carbocycles. The summed E-state index contributed by atoms with van der Waals surface area (Å²) >= 11 is 0. The molecule has 37 heavy (non-hydrogen) atoms. The predicted octanol–water partition coefficient (Wildman–Crippen LogP) is 6.28. The summed E-state index contributed by atoms with van der Waals surface area (Å²) in [5.74, 6) is 0.716. The van der Waals surface area contributed by atoms with Gasteiger partial charge < -0.3 is 15.0 Å². The molecule has 2 N–H and O–H groups in total. The molecule has 2 aliphatic carbocycles. The van der Waals surface area contributed by atoms with Crippen molar-refractivity contribution in [3.05, 3.63) is 29.5 Å². The number of pyridine rings is 1. The lowest BCUT2D eigenvalue weighted by Crippen LogP contribution is -2.20. The van der Waals surface area contributed by atoms with Gasteiger partial charge in [-0.25, -0.2) is 29.1 Å². The first-order valence-electron chi connectivity index (χ1n) is 13.7. The summed E-state index contributed by atoms with van der Waals surface area (Å²) in [6, 6.07) is 1.70. The van der Waals surface area contributed by atoms with Gasteiger partial charge in [0.2, 0.25) is 5.82 Å². The summed E-state index contributed by atoms with van der Waals surface area (Å²) in [5, 5.41) is 13.1. The molecule has 0 amide bonds. The molecule has 0 spiro atoms. The van der Waals surface area contributed by atoms with Crippen LogP contribution in [0.2, 0.25) is 0 Å². The maximum absolute atomic E-state index is 15.7. The van der Waals surface area contributed by atoms with Crippen LogP contribution in [0.15, 0.2) is 12.3 Å². The third kappa shape index (κ3) is 5.31. The van der Waals surface area contributed by atoms with E-state index in [0.717, 1.165) is 32.1 Å². The first kappa shape index (κ1) is 25.5. The third-order valence-corrected chi connectivity index (χ3v) is 8.19. The molecule has 3 heterocycles. The first-order valence-corrected chi connectivity index (χ1v) is 13.7. The molecule has 0 aliphatic heterocycles. The van der Waals surface area contributed by atoms with Crippen molar-refractivity contribution in [1.29, 1.82) is 0 Å². The largest absolute Gasteiger partial charge is 0.475 e. The van der Waals surface area contributed by atoms with Crippen LogP contribution in [0.4, 0.5) is 10.2 Å². The zero-order valence-corrected chi connectivity index (χ0v) is 22.0. The number of carboxylic acid groups (broad SMARTS) is 1. The minimum Gasteiger partial charge on any atom is -0.475 e. The van der Waals surface area contributed by atoms with Gasteiger partial charge in [-0.05, 0) is 54.6 Å². The highest BCUT2D eigenvalue weighted by Gasteiger charge is 2.28. The third-order valence-electron chi connectivity index (χ3n) is 8.19. The van der Waals surface area contributed by atoms with Crippen LogP contribution in [0.3, 0.4) is 0 Å². The fourth-order valence-electron chi connectivity index (χ4n) is 5.62. The number of aromatic carboxylic acids is 1. The monoisotopic (exact) mass is 508 g/mol. The number of fused-ring (bicyclic) bond motifs is 1. The fraction of sp³-hybridized carbons (Fsp3) is 0.607. The molecule has 0 bridgehead atoms. The van der Waals surface area contributed by atoms with E-state index in [9.17, 15) is 9.90 Å². The van der Waals surface area contributed by atoms with Gasteiger partial charge >= 0.3 is 5.97 Å². The zero-order valence-electron chi connectivity index (χ0n) is 22.0. The zero-order chi connectivity index (χ0) is 26.1. The van der Waals surface area contributed by atoms with Gasteiger partial charge in [-0.15, -0.1) is 0 Å². The predicted molar refractivity (Wildman–Crippen MR) is 141 cm³/mol. The average molecular weight is 509 g/mol. The molecule has 0 unspecified atom stereocenters. The molecule has 0 atom stereocenters. The number of halogens is 1. The normalized spacial score (nSPS) is 20.4. The Kier molecular flexibility index (Phi) is 7.40. The summed E-state index contributed by atoms with van der Waals surface area (Å²) in [6.07, 6.45) is 10.9. The topological polar surface area (TPSA) is 106 Å². The highest BCUT2D eigenvalue weighted by molar-refractivity contribution is 5.92. The molecule has 9 heteroatoms. The number of nitrogens with one attached hydrogen (secondary N) is 1. The van der Waals surface area contributed by atoms with E-state index < -0.39 is 11.8 Å². The lowest BCUT2D eigenvalue weighted by atomic mass is 9.83. The number of rotatable bonds is 9. The van der Waals surface area contributed by atoms with Gasteiger partial charge in [0.15, 0.2) is 23.1 Å². The maximum atomic E-state index is 15.7. The van der Waals surface area contributed by atoms with Crippen molar-refractivity contribution < 1.29 is 14.3 Å². The number of aromatic nitrogens is 5. The fourth-order valence-corrected chi connectivity index (χ4v) is 5.62. The number of anilines is 1. The minimum atomic E-state index is -1.22. The summed E-state index contributed by atoms with van der Waals surface area (Å²) < 4.78 is 17.7. The molecule has 5 rings (SSSR count). The summed E-state index contributed by atoms with van der Waals surface area (Å²) in [4.78, 5) is 29.6. The van der Waals surface area contributed by atoms with Crippen LogP contribution < -0.4 is 5.32 Å². The van der Waals surface area contributed by atoms with Crippen molar-refractivity contribution in [3.8, 4) is 11.5 Å². The first-order chi connectivity index (χ1) is 17.8. The van der Waals surface area contributed by atoms with Crippen molar-refractivity contribution in [3.63, 3.8) is 0 Å². The van der Waals surface area contributed by atoms with Gasteiger partial charge in [0, 0.05) is 19.3 Å². The van der Waals surface area contributed by atoms with E-state index in [4.69, 9.17) is 4.98 Å². The van der Waals surface area contributed by atoms with Crippen molar-refractivity contribution >= 4 is 23.0 Å². The SMILES string of the molecule is CC1CCC(Cn2c(-c3nccc(C(C)C)c3F)nc3nc(C(=O)O)nc(NCCC4CCC4)c32)CC1. The number of carbonyl (C=O) groups is 1. The van der Waals surface area contributed by atoms with Crippen molar-refractivity contribution in [2.24, 2.45) is 17.8 Å². The van der Waals surface area contributed by atoms with E-state index >= 15 is 4.39 Å². The van der Waals surface area contributed by atoms with Crippen molar-refractivity contribution in [1.82, 2.24) is 24.5 Å². The Morgan fingerprint density at radius 2 is 1.89 bits per heavy atom. The average Bonchev–Trinajstić information content (AvgIpc) is 3.20. The second-order valence-corrected chi connectivity index (χ2v) is 11.3. The summed E-state index contributed by atoms with van der Waals surface area (Å²) in [5.41, 5.74) is 1.63. The van der Waals surface area contributed by atoms with Crippen LogP contribution >= 0.6 is 0 Å². The Bertz CT molecular complexity index is 1280. The van der Waals surface area contributed by atoms with E-state index in [2.05, 4.69) is 27.2 Å².